The Balaban J connectivity index is 1.24. The Morgan fingerprint density at radius 3 is 2.19 bits per heavy atom. The highest BCUT2D eigenvalue weighted by molar-refractivity contribution is 5.89. The second-order valence-corrected chi connectivity index (χ2v) is 10.4. The molecule has 1 heterocycles. The van der Waals surface area contributed by atoms with Crippen LogP contribution in [0.5, 0.6) is 0 Å². The van der Waals surface area contributed by atoms with Crippen molar-refractivity contribution in [1.82, 2.24) is 25.5 Å². The Morgan fingerprint density at radius 1 is 0.929 bits per heavy atom. The summed E-state index contributed by atoms with van der Waals surface area (Å²) < 4.78 is 5.64. The van der Waals surface area contributed by atoms with E-state index >= 15 is 0 Å². The van der Waals surface area contributed by atoms with Crippen LogP contribution in [0.3, 0.4) is 0 Å². The largest absolute Gasteiger partial charge is 0.480 e. The molecule has 10 heteroatoms. The standard InChI is InChI=1S/C32H33N5O5/c1-37(17-21-9-3-2-4-10-21)18-29(31(39)40)35-30(38)28(15-22-16-33-20-34-22)36-32(41)42-19-27-25-13-7-5-11-23(25)24-12-6-8-14-26(24)27/h2-14,16,20,27-29H,15,17-19H2,1H3,(H,33,34)(H,35,38)(H,36,41)(H,39,40)/t28-,29?/m0/s1. The molecule has 2 amide bonds. The van der Waals surface area contributed by atoms with Crippen molar-refractivity contribution in [3.63, 3.8) is 0 Å². The normalized spacial score (nSPS) is 13.6. The van der Waals surface area contributed by atoms with Crippen LogP contribution in [0.1, 0.15) is 28.3 Å². The maximum Gasteiger partial charge on any atom is 0.407 e. The summed E-state index contributed by atoms with van der Waals surface area (Å²) in [6, 6.07) is 23.4. The van der Waals surface area contributed by atoms with Crippen molar-refractivity contribution in [2.75, 3.05) is 20.2 Å². The molecule has 4 aromatic rings. The Labute approximate surface area is 243 Å². The molecule has 0 radical (unpaired) electrons. The number of alkyl carbamates (subject to hydrolysis) is 1. The topological polar surface area (TPSA) is 137 Å². The van der Waals surface area contributed by atoms with Crippen molar-refractivity contribution in [3.8, 4) is 11.1 Å². The number of hydrogen-bond donors (Lipinski definition) is 4. The van der Waals surface area contributed by atoms with E-state index in [1.807, 2.05) is 71.6 Å². The zero-order valence-electron chi connectivity index (χ0n) is 23.2. The number of fused-ring (bicyclic) bond motifs is 3. The van der Waals surface area contributed by atoms with Gasteiger partial charge in [0.2, 0.25) is 5.91 Å². The second kappa shape index (κ2) is 13.1. The van der Waals surface area contributed by atoms with Gasteiger partial charge < -0.3 is 25.5 Å². The third-order valence-electron chi connectivity index (χ3n) is 7.34. The number of carbonyl (C=O) groups excluding carboxylic acids is 2. The summed E-state index contributed by atoms with van der Waals surface area (Å²) >= 11 is 0. The van der Waals surface area contributed by atoms with E-state index < -0.39 is 30.1 Å². The number of carbonyl (C=O) groups is 3. The van der Waals surface area contributed by atoms with Crippen LogP contribution in [-0.4, -0.2) is 70.2 Å². The van der Waals surface area contributed by atoms with Gasteiger partial charge in [-0.2, -0.15) is 0 Å². The van der Waals surface area contributed by atoms with Crippen molar-refractivity contribution >= 4 is 18.0 Å². The van der Waals surface area contributed by atoms with Gasteiger partial charge in [0, 0.05) is 37.3 Å². The molecule has 0 saturated carbocycles. The fourth-order valence-electron chi connectivity index (χ4n) is 5.34. The summed E-state index contributed by atoms with van der Waals surface area (Å²) in [5, 5.41) is 15.1. The van der Waals surface area contributed by atoms with Gasteiger partial charge in [0.05, 0.1) is 6.33 Å². The Morgan fingerprint density at radius 2 is 1.57 bits per heavy atom. The SMILES string of the molecule is CN(Cc1ccccc1)CC(NC(=O)[C@H](Cc1cnc[nH]1)NC(=O)OCC1c2ccccc2-c2ccccc21)C(=O)O. The number of ether oxygens (including phenoxy) is 1. The molecule has 1 unspecified atom stereocenters. The molecule has 216 valence electrons. The molecule has 0 saturated heterocycles. The zero-order valence-corrected chi connectivity index (χ0v) is 23.2. The van der Waals surface area contributed by atoms with Crippen molar-refractivity contribution in [3.05, 3.63) is 114 Å². The van der Waals surface area contributed by atoms with E-state index in [-0.39, 0.29) is 25.5 Å². The number of rotatable bonds is 12. The van der Waals surface area contributed by atoms with Crippen molar-refractivity contribution in [1.29, 1.82) is 0 Å². The van der Waals surface area contributed by atoms with E-state index in [9.17, 15) is 19.5 Å². The first-order valence-corrected chi connectivity index (χ1v) is 13.7. The minimum absolute atomic E-state index is 0.0672. The Kier molecular flexibility index (Phi) is 8.93. The van der Waals surface area contributed by atoms with E-state index in [4.69, 9.17) is 4.74 Å². The fourth-order valence-corrected chi connectivity index (χ4v) is 5.34. The number of likely N-dealkylation sites (N-methyl/N-ethyl adjacent to an activating group) is 1. The van der Waals surface area contributed by atoms with Gasteiger partial charge in [-0.15, -0.1) is 0 Å². The lowest BCUT2D eigenvalue weighted by molar-refractivity contribution is -0.142. The fraction of sp³-hybridized carbons (Fsp3) is 0.250. The van der Waals surface area contributed by atoms with E-state index in [1.54, 1.807) is 13.2 Å². The Hall–Kier alpha value is -4.96. The maximum atomic E-state index is 13.3. The van der Waals surface area contributed by atoms with Crippen LogP contribution in [0, 0.1) is 0 Å². The van der Waals surface area contributed by atoms with Gasteiger partial charge in [-0.1, -0.05) is 78.9 Å². The second-order valence-electron chi connectivity index (χ2n) is 10.4. The number of aliphatic carboxylic acids is 1. The van der Waals surface area contributed by atoms with Crippen molar-refractivity contribution in [2.45, 2.75) is 31.0 Å². The number of carboxylic acid groups (broad SMARTS) is 1. The molecule has 4 N–H and O–H groups in total. The van der Waals surface area contributed by atoms with Crippen LogP contribution >= 0.6 is 0 Å². The van der Waals surface area contributed by atoms with Gasteiger partial charge in [-0.05, 0) is 34.9 Å². The van der Waals surface area contributed by atoms with E-state index in [1.165, 1.54) is 6.33 Å². The van der Waals surface area contributed by atoms with Crippen molar-refractivity contribution in [2.24, 2.45) is 0 Å². The number of amides is 2. The predicted molar refractivity (Wildman–Crippen MR) is 157 cm³/mol. The minimum Gasteiger partial charge on any atom is -0.480 e. The summed E-state index contributed by atoms with van der Waals surface area (Å²) in [7, 11) is 1.78. The third-order valence-corrected chi connectivity index (χ3v) is 7.34. The van der Waals surface area contributed by atoms with E-state index in [2.05, 4.69) is 32.7 Å². The molecule has 0 aliphatic heterocycles. The highest BCUT2D eigenvalue weighted by Gasteiger charge is 2.31. The number of nitrogens with one attached hydrogen (secondary N) is 3. The lowest BCUT2D eigenvalue weighted by atomic mass is 9.98. The average molecular weight is 568 g/mol. The quantitative estimate of drug-likeness (QED) is 0.206. The third kappa shape index (κ3) is 6.84. The summed E-state index contributed by atoms with van der Waals surface area (Å²) in [4.78, 5) is 47.1. The van der Waals surface area contributed by atoms with Crippen LogP contribution in [0.4, 0.5) is 4.79 Å². The highest BCUT2D eigenvalue weighted by atomic mass is 16.5. The smallest absolute Gasteiger partial charge is 0.407 e. The maximum absolute atomic E-state index is 13.3. The van der Waals surface area contributed by atoms with Crippen molar-refractivity contribution < 1.29 is 24.2 Å². The lowest BCUT2D eigenvalue weighted by Crippen LogP contribution is -2.55. The molecule has 42 heavy (non-hydrogen) atoms. The molecule has 1 aliphatic rings. The molecule has 10 nitrogen and oxygen atoms in total. The predicted octanol–water partition coefficient (Wildman–Crippen LogP) is 3.56. The number of hydrogen-bond acceptors (Lipinski definition) is 6. The molecule has 5 rings (SSSR count). The van der Waals surface area contributed by atoms with Crippen LogP contribution < -0.4 is 10.6 Å². The summed E-state index contributed by atoms with van der Waals surface area (Å²) in [5.74, 6) is -1.96. The number of H-pyrrole nitrogens is 1. The molecule has 0 fully saturated rings. The molecular formula is C32H33N5O5. The van der Waals surface area contributed by atoms with E-state index in [0.29, 0.717) is 12.2 Å². The molecular weight excluding hydrogens is 534 g/mol. The van der Waals surface area contributed by atoms with Crippen LogP contribution in [0.15, 0.2) is 91.4 Å². The number of benzene rings is 3. The van der Waals surface area contributed by atoms with Crippen LogP contribution in [0.25, 0.3) is 11.1 Å². The number of nitrogens with zero attached hydrogens (tertiary/aromatic N) is 2. The molecule has 2 atom stereocenters. The van der Waals surface area contributed by atoms with Gasteiger partial charge in [0.25, 0.3) is 0 Å². The molecule has 3 aromatic carbocycles. The monoisotopic (exact) mass is 567 g/mol. The van der Waals surface area contributed by atoms with Gasteiger partial charge in [-0.3, -0.25) is 9.69 Å². The Bertz CT molecular complexity index is 1480. The molecule has 0 bridgehead atoms. The first-order chi connectivity index (χ1) is 20.4. The first kappa shape index (κ1) is 28.6. The van der Waals surface area contributed by atoms with Gasteiger partial charge in [0.1, 0.15) is 18.7 Å². The summed E-state index contributed by atoms with van der Waals surface area (Å²) in [6.45, 7) is 0.661. The number of carboxylic acids is 1. The summed E-state index contributed by atoms with van der Waals surface area (Å²) in [6.07, 6.45) is 2.31. The minimum atomic E-state index is -1.19. The van der Waals surface area contributed by atoms with Gasteiger partial charge in [0.15, 0.2) is 0 Å². The summed E-state index contributed by atoms with van der Waals surface area (Å²) in [5.41, 5.74) is 5.97. The highest BCUT2D eigenvalue weighted by Crippen LogP contribution is 2.44. The number of aromatic amines is 1. The lowest BCUT2D eigenvalue weighted by Gasteiger charge is -2.25. The van der Waals surface area contributed by atoms with Gasteiger partial charge in [-0.25, -0.2) is 14.6 Å². The zero-order chi connectivity index (χ0) is 29.5. The van der Waals surface area contributed by atoms with E-state index in [0.717, 1.165) is 27.8 Å². The van der Waals surface area contributed by atoms with Crippen LogP contribution in [-0.2, 0) is 27.3 Å². The number of aromatic nitrogens is 2. The van der Waals surface area contributed by atoms with Crippen LogP contribution in [0.2, 0.25) is 0 Å². The number of imidazole rings is 1. The van der Waals surface area contributed by atoms with Gasteiger partial charge >= 0.3 is 12.1 Å². The molecule has 0 spiro atoms. The first-order valence-electron chi connectivity index (χ1n) is 13.7. The average Bonchev–Trinajstić information content (AvgIpc) is 3.62. The molecule has 1 aromatic heterocycles. The molecule has 1 aliphatic carbocycles.